The van der Waals surface area contributed by atoms with E-state index in [0.717, 1.165) is 58.1 Å². The first kappa shape index (κ1) is 21.9. The third-order valence-corrected chi connectivity index (χ3v) is 4.32. The molecule has 6 heteroatoms. The Hall–Kier alpha value is -0.0800. The molecule has 1 rings (SSSR count). The van der Waals surface area contributed by atoms with Crippen molar-refractivity contribution in [2.75, 3.05) is 47.1 Å². The van der Waals surface area contributed by atoms with Crippen LogP contribution in [0.15, 0.2) is 4.99 Å². The summed E-state index contributed by atoms with van der Waals surface area (Å²) < 4.78 is 10.6. The Morgan fingerprint density at radius 1 is 1.18 bits per heavy atom. The fourth-order valence-corrected chi connectivity index (χ4v) is 2.68. The molecule has 132 valence electrons. The first-order valence-corrected chi connectivity index (χ1v) is 8.27. The molecule has 1 aliphatic carbocycles. The Bertz CT molecular complexity index is 297. The molecule has 5 nitrogen and oxygen atoms in total. The Labute approximate surface area is 153 Å². The first-order valence-electron chi connectivity index (χ1n) is 8.27. The monoisotopic (exact) mass is 427 g/mol. The fraction of sp³-hybridized carbons (Fsp3) is 0.938. The molecule has 1 fully saturated rings. The molecule has 0 aromatic heterocycles. The van der Waals surface area contributed by atoms with E-state index >= 15 is 0 Å². The normalized spacial score (nSPS) is 16.6. The number of methoxy groups -OCH3 is 1. The number of hydrogen-bond donors (Lipinski definition) is 2. The minimum atomic E-state index is 0. The van der Waals surface area contributed by atoms with Gasteiger partial charge in [-0.3, -0.25) is 4.99 Å². The predicted molar refractivity (Wildman–Crippen MR) is 103 cm³/mol. The van der Waals surface area contributed by atoms with Crippen LogP contribution in [0.1, 0.15) is 45.4 Å². The van der Waals surface area contributed by atoms with Crippen molar-refractivity contribution in [1.82, 2.24) is 10.6 Å². The van der Waals surface area contributed by atoms with E-state index in [9.17, 15) is 0 Å². The number of nitrogens with zero attached hydrogens (tertiary/aromatic N) is 1. The van der Waals surface area contributed by atoms with Gasteiger partial charge in [-0.05, 0) is 44.4 Å². The molecule has 0 heterocycles. The maximum absolute atomic E-state index is 5.33. The highest BCUT2D eigenvalue weighted by Gasteiger charge is 2.36. The summed E-state index contributed by atoms with van der Waals surface area (Å²) in [6, 6.07) is 0. The van der Waals surface area contributed by atoms with Gasteiger partial charge in [0.15, 0.2) is 5.96 Å². The van der Waals surface area contributed by atoms with Crippen LogP contribution < -0.4 is 10.6 Å². The maximum Gasteiger partial charge on any atom is 0.190 e. The lowest BCUT2D eigenvalue weighted by molar-refractivity contribution is 0.0732. The van der Waals surface area contributed by atoms with E-state index in [2.05, 4.69) is 15.6 Å². The summed E-state index contributed by atoms with van der Waals surface area (Å²) in [6.45, 7) is 6.48. The Balaban J connectivity index is 0.00000441. The molecule has 22 heavy (non-hydrogen) atoms. The van der Waals surface area contributed by atoms with Crippen LogP contribution in [0.25, 0.3) is 0 Å². The van der Waals surface area contributed by atoms with Gasteiger partial charge in [-0.25, -0.2) is 0 Å². The van der Waals surface area contributed by atoms with Crippen molar-refractivity contribution in [2.45, 2.75) is 45.4 Å². The number of nitrogens with one attached hydrogen (secondary N) is 2. The summed E-state index contributed by atoms with van der Waals surface area (Å²) in [5, 5.41) is 6.85. The lowest BCUT2D eigenvalue weighted by atomic mass is 9.67. The van der Waals surface area contributed by atoms with Crippen LogP contribution in [0, 0.1) is 5.41 Å². The van der Waals surface area contributed by atoms with Gasteiger partial charge in [-0.2, -0.15) is 0 Å². The second-order valence-corrected chi connectivity index (χ2v) is 5.85. The van der Waals surface area contributed by atoms with Crippen molar-refractivity contribution < 1.29 is 9.47 Å². The molecule has 2 N–H and O–H groups in total. The van der Waals surface area contributed by atoms with Crippen molar-refractivity contribution in [2.24, 2.45) is 10.4 Å². The number of halogens is 1. The quantitative estimate of drug-likeness (QED) is 0.231. The molecule has 0 aliphatic heterocycles. The highest BCUT2D eigenvalue weighted by Crippen LogP contribution is 2.43. The van der Waals surface area contributed by atoms with E-state index in [1.165, 1.54) is 19.3 Å². The predicted octanol–water partition coefficient (Wildman–Crippen LogP) is 2.79. The van der Waals surface area contributed by atoms with Gasteiger partial charge in [0.1, 0.15) is 0 Å². The number of hydrogen-bond acceptors (Lipinski definition) is 3. The van der Waals surface area contributed by atoms with Gasteiger partial charge >= 0.3 is 0 Å². The van der Waals surface area contributed by atoms with E-state index in [1.807, 2.05) is 14.0 Å². The van der Waals surface area contributed by atoms with Crippen LogP contribution in [0.3, 0.4) is 0 Å². The van der Waals surface area contributed by atoms with Gasteiger partial charge in [-0.1, -0.05) is 6.42 Å². The van der Waals surface area contributed by atoms with Gasteiger partial charge in [0.05, 0.1) is 0 Å². The molecule has 1 aliphatic rings. The molecule has 0 bridgehead atoms. The summed E-state index contributed by atoms with van der Waals surface area (Å²) in [5.74, 6) is 0.912. The van der Waals surface area contributed by atoms with Gasteiger partial charge in [0.2, 0.25) is 0 Å². The Morgan fingerprint density at radius 2 is 1.95 bits per heavy atom. The topological polar surface area (TPSA) is 54.9 Å². The molecule has 0 spiro atoms. The summed E-state index contributed by atoms with van der Waals surface area (Å²) in [6.07, 6.45) is 7.28. The smallest absolute Gasteiger partial charge is 0.190 e. The zero-order valence-electron chi connectivity index (χ0n) is 14.5. The van der Waals surface area contributed by atoms with Crippen molar-refractivity contribution in [3.05, 3.63) is 0 Å². The Kier molecular flexibility index (Phi) is 13.3. The van der Waals surface area contributed by atoms with Crippen LogP contribution in [-0.4, -0.2) is 53.0 Å². The highest BCUT2D eigenvalue weighted by molar-refractivity contribution is 14.0. The number of rotatable bonds is 11. The highest BCUT2D eigenvalue weighted by atomic mass is 127. The zero-order valence-corrected chi connectivity index (χ0v) is 16.8. The van der Waals surface area contributed by atoms with E-state index in [-0.39, 0.29) is 24.0 Å². The van der Waals surface area contributed by atoms with Crippen molar-refractivity contribution in [3.8, 4) is 0 Å². The van der Waals surface area contributed by atoms with Crippen molar-refractivity contribution >= 4 is 29.9 Å². The maximum atomic E-state index is 5.33. The molecule has 0 aromatic carbocycles. The van der Waals surface area contributed by atoms with Crippen LogP contribution >= 0.6 is 24.0 Å². The molecule has 0 saturated heterocycles. The molecule has 0 atom stereocenters. The Morgan fingerprint density at radius 3 is 2.50 bits per heavy atom. The SMILES string of the molecule is CCOCCCCNC(=NC)NCC1(CCOC)CCC1.I. The van der Waals surface area contributed by atoms with E-state index in [0.29, 0.717) is 5.41 Å². The third-order valence-electron chi connectivity index (χ3n) is 4.32. The summed E-state index contributed by atoms with van der Waals surface area (Å²) in [5.41, 5.74) is 0.419. The third kappa shape index (κ3) is 8.53. The van der Waals surface area contributed by atoms with Crippen molar-refractivity contribution in [3.63, 3.8) is 0 Å². The molecular formula is C16H34IN3O2. The molecule has 1 saturated carbocycles. The summed E-state index contributed by atoms with van der Waals surface area (Å²) in [7, 11) is 3.61. The molecule has 0 amide bonds. The minimum Gasteiger partial charge on any atom is -0.385 e. The lowest BCUT2D eigenvalue weighted by Crippen LogP contribution is -2.47. The number of guanidine groups is 1. The average molecular weight is 427 g/mol. The largest absolute Gasteiger partial charge is 0.385 e. The van der Waals surface area contributed by atoms with Crippen molar-refractivity contribution in [1.29, 1.82) is 0 Å². The van der Waals surface area contributed by atoms with Gasteiger partial charge < -0.3 is 20.1 Å². The summed E-state index contributed by atoms with van der Waals surface area (Å²) in [4.78, 5) is 4.30. The summed E-state index contributed by atoms with van der Waals surface area (Å²) >= 11 is 0. The number of unbranched alkanes of at least 4 members (excludes halogenated alkanes) is 1. The van der Waals surface area contributed by atoms with E-state index in [4.69, 9.17) is 9.47 Å². The zero-order chi connectivity index (χ0) is 15.4. The molecule has 0 radical (unpaired) electrons. The van der Waals surface area contributed by atoms with Gasteiger partial charge in [0.25, 0.3) is 0 Å². The second kappa shape index (κ2) is 13.4. The van der Waals surface area contributed by atoms with Crippen LogP contribution in [0.5, 0.6) is 0 Å². The van der Waals surface area contributed by atoms with Crippen LogP contribution in [0.2, 0.25) is 0 Å². The standard InChI is InChI=1S/C16H33N3O2.HI/c1-4-21-12-6-5-11-18-15(17-2)19-14-16(8-7-9-16)10-13-20-3;/h4-14H2,1-3H3,(H2,17,18,19);1H. The fourth-order valence-electron chi connectivity index (χ4n) is 2.68. The minimum absolute atomic E-state index is 0. The molecular weight excluding hydrogens is 393 g/mol. The molecule has 0 unspecified atom stereocenters. The first-order chi connectivity index (χ1) is 10.3. The van der Waals surface area contributed by atoms with Crippen LogP contribution in [0.4, 0.5) is 0 Å². The second-order valence-electron chi connectivity index (χ2n) is 5.85. The number of ether oxygens (including phenoxy) is 2. The van der Waals surface area contributed by atoms with Gasteiger partial charge in [-0.15, -0.1) is 24.0 Å². The van der Waals surface area contributed by atoms with Crippen LogP contribution in [-0.2, 0) is 9.47 Å². The molecule has 0 aromatic rings. The van der Waals surface area contributed by atoms with E-state index < -0.39 is 0 Å². The number of aliphatic imine (C=N–C) groups is 1. The lowest BCUT2D eigenvalue weighted by Gasteiger charge is -2.42. The average Bonchev–Trinajstić information content (AvgIpc) is 2.47. The van der Waals surface area contributed by atoms with E-state index in [1.54, 1.807) is 7.11 Å². The van der Waals surface area contributed by atoms with Gasteiger partial charge in [0, 0.05) is 47.1 Å².